The highest BCUT2D eigenvalue weighted by Gasteiger charge is 2.19. The molecule has 2 heterocycles. The average Bonchev–Trinajstić information content (AvgIpc) is 3.17. The van der Waals surface area contributed by atoms with Gasteiger partial charge in [-0.15, -0.1) is 5.10 Å². The predicted molar refractivity (Wildman–Crippen MR) is 112 cm³/mol. The summed E-state index contributed by atoms with van der Waals surface area (Å²) in [6.07, 6.45) is 1.07. The van der Waals surface area contributed by atoms with Gasteiger partial charge < -0.3 is 25.0 Å². The first kappa shape index (κ1) is 22.0. The molecule has 1 saturated heterocycles. The minimum absolute atomic E-state index is 0.0475. The van der Waals surface area contributed by atoms with E-state index >= 15 is 0 Å². The number of hydrogen-bond donors (Lipinski definition) is 2. The number of nitrogens with zero attached hydrogens (tertiary/aromatic N) is 4. The zero-order valence-corrected chi connectivity index (χ0v) is 17.7. The maximum atomic E-state index is 12.5. The largest absolute Gasteiger partial charge is 0.359 e. The van der Waals surface area contributed by atoms with Gasteiger partial charge >= 0.3 is 0 Å². The summed E-state index contributed by atoms with van der Waals surface area (Å²) in [6.45, 7) is 6.58. The Hall–Kier alpha value is -2.69. The summed E-state index contributed by atoms with van der Waals surface area (Å²) >= 11 is 6.38. The van der Waals surface area contributed by atoms with Gasteiger partial charge in [-0.1, -0.05) is 16.8 Å². The van der Waals surface area contributed by atoms with Crippen LogP contribution in [0.5, 0.6) is 0 Å². The highest BCUT2D eigenvalue weighted by molar-refractivity contribution is 6.33. The Morgan fingerprint density at radius 2 is 2.10 bits per heavy atom. The van der Waals surface area contributed by atoms with Gasteiger partial charge in [-0.3, -0.25) is 9.59 Å². The van der Waals surface area contributed by atoms with Crippen LogP contribution in [0.15, 0.2) is 24.4 Å². The molecule has 1 aromatic carbocycles. The van der Waals surface area contributed by atoms with Crippen LogP contribution in [-0.2, 0) is 20.8 Å². The lowest BCUT2D eigenvalue weighted by Gasteiger charge is -2.29. The normalized spacial score (nSPS) is 14.1. The minimum atomic E-state index is -0.458. The first-order valence-corrected chi connectivity index (χ1v) is 10.1. The van der Waals surface area contributed by atoms with Crippen LogP contribution in [0.1, 0.15) is 24.3 Å². The predicted octanol–water partition coefficient (Wildman–Crippen LogP) is 1.52. The van der Waals surface area contributed by atoms with Crippen LogP contribution >= 0.6 is 11.6 Å². The van der Waals surface area contributed by atoms with Gasteiger partial charge in [-0.25, -0.2) is 4.68 Å². The van der Waals surface area contributed by atoms with Gasteiger partial charge in [0.05, 0.1) is 30.0 Å². The molecule has 0 bridgehead atoms. The maximum Gasteiger partial charge on any atom is 0.277 e. The Morgan fingerprint density at radius 1 is 1.33 bits per heavy atom. The molecule has 162 valence electrons. The summed E-state index contributed by atoms with van der Waals surface area (Å²) in [5.41, 5.74) is 1.43. The monoisotopic (exact) mass is 436 g/mol. The van der Waals surface area contributed by atoms with E-state index < -0.39 is 12.2 Å². The zero-order valence-electron chi connectivity index (χ0n) is 16.9. The molecule has 0 radical (unpaired) electrons. The van der Waals surface area contributed by atoms with Gasteiger partial charge in [0.15, 0.2) is 12.0 Å². The van der Waals surface area contributed by atoms with E-state index in [9.17, 15) is 9.59 Å². The van der Waals surface area contributed by atoms with Crippen molar-refractivity contribution >= 4 is 34.8 Å². The van der Waals surface area contributed by atoms with Crippen molar-refractivity contribution in [2.45, 2.75) is 26.7 Å². The molecule has 1 fully saturated rings. The van der Waals surface area contributed by atoms with E-state index in [0.717, 1.165) is 5.69 Å². The summed E-state index contributed by atoms with van der Waals surface area (Å²) < 4.78 is 12.5. The van der Waals surface area contributed by atoms with Gasteiger partial charge in [-0.2, -0.15) is 0 Å². The molecule has 11 heteroatoms. The number of rotatable bonds is 9. The smallest absolute Gasteiger partial charge is 0.277 e. The summed E-state index contributed by atoms with van der Waals surface area (Å²) in [4.78, 5) is 26.0. The van der Waals surface area contributed by atoms with Crippen LogP contribution in [0.2, 0.25) is 5.02 Å². The topological polar surface area (TPSA) is 111 Å². The maximum absolute atomic E-state index is 12.5. The second kappa shape index (κ2) is 10.4. The SMILES string of the molecule is CCOC(Cn1cc(C(=O)Nc2ccc(N3CCNC(=O)C3)c(Cl)c2)nn1)OCC. The van der Waals surface area contributed by atoms with E-state index in [0.29, 0.717) is 43.6 Å². The molecule has 2 N–H and O–H groups in total. The van der Waals surface area contributed by atoms with Crippen molar-refractivity contribution < 1.29 is 19.1 Å². The van der Waals surface area contributed by atoms with E-state index in [1.54, 1.807) is 18.2 Å². The van der Waals surface area contributed by atoms with E-state index in [2.05, 4.69) is 20.9 Å². The first-order chi connectivity index (χ1) is 14.5. The summed E-state index contributed by atoms with van der Waals surface area (Å²) in [5.74, 6) is -0.458. The number of piperazine rings is 1. The minimum Gasteiger partial charge on any atom is -0.359 e. The standard InChI is InChI=1S/C19H25ClN6O4/c1-3-29-18(30-4-2)12-26-10-15(23-24-26)19(28)22-13-5-6-16(14(20)9-13)25-8-7-21-17(27)11-25/h5-6,9-10,18H,3-4,7-8,11-12H2,1-2H3,(H,21,27)(H,22,28). The number of ether oxygens (including phenoxy) is 2. The number of carbonyl (C=O) groups is 2. The highest BCUT2D eigenvalue weighted by Crippen LogP contribution is 2.29. The van der Waals surface area contributed by atoms with Crippen molar-refractivity contribution in [3.8, 4) is 0 Å². The molecule has 1 aliphatic heterocycles. The average molecular weight is 437 g/mol. The number of benzene rings is 1. The molecule has 0 spiro atoms. The van der Waals surface area contributed by atoms with E-state index in [4.69, 9.17) is 21.1 Å². The second-order valence-corrected chi connectivity index (χ2v) is 6.97. The Morgan fingerprint density at radius 3 is 2.77 bits per heavy atom. The molecule has 1 aromatic heterocycles. The van der Waals surface area contributed by atoms with Crippen LogP contribution in [0, 0.1) is 0 Å². The molecule has 0 atom stereocenters. The molecular formula is C19H25ClN6O4. The van der Waals surface area contributed by atoms with E-state index in [1.807, 2.05) is 18.7 Å². The van der Waals surface area contributed by atoms with Crippen molar-refractivity contribution in [1.29, 1.82) is 0 Å². The zero-order chi connectivity index (χ0) is 21.5. The first-order valence-electron chi connectivity index (χ1n) is 9.76. The van der Waals surface area contributed by atoms with Gasteiger partial charge in [0.2, 0.25) is 5.91 Å². The van der Waals surface area contributed by atoms with Crippen LogP contribution in [0.3, 0.4) is 0 Å². The van der Waals surface area contributed by atoms with Crippen molar-refractivity contribution in [1.82, 2.24) is 20.3 Å². The Bertz CT molecular complexity index is 884. The van der Waals surface area contributed by atoms with Crippen LogP contribution < -0.4 is 15.5 Å². The third kappa shape index (κ3) is 5.68. The van der Waals surface area contributed by atoms with Crippen LogP contribution in [-0.4, -0.2) is 65.9 Å². The van der Waals surface area contributed by atoms with Crippen molar-refractivity contribution in [2.75, 3.05) is 43.1 Å². The second-order valence-electron chi connectivity index (χ2n) is 6.56. The molecule has 2 aromatic rings. The molecule has 0 unspecified atom stereocenters. The molecule has 2 amide bonds. The molecule has 30 heavy (non-hydrogen) atoms. The number of amides is 2. The van der Waals surface area contributed by atoms with Crippen LogP contribution in [0.4, 0.5) is 11.4 Å². The Balaban J connectivity index is 1.62. The van der Waals surface area contributed by atoms with Crippen molar-refractivity contribution in [3.63, 3.8) is 0 Å². The number of halogens is 1. The van der Waals surface area contributed by atoms with Crippen molar-refractivity contribution in [3.05, 3.63) is 35.1 Å². The summed E-state index contributed by atoms with van der Waals surface area (Å²) in [5, 5.41) is 13.8. The number of anilines is 2. The third-order valence-electron chi connectivity index (χ3n) is 4.40. The number of aromatic nitrogens is 3. The number of hydrogen-bond acceptors (Lipinski definition) is 7. The summed E-state index contributed by atoms with van der Waals surface area (Å²) in [6, 6.07) is 5.16. The molecule has 0 aliphatic carbocycles. The number of nitrogens with one attached hydrogen (secondary N) is 2. The van der Waals surface area contributed by atoms with Gasteiger partial charge in [0, 0.05) is 32.0 Å². The lowest BCUT2D eigenvalue weighted by Crippen LogP contribution is -2.47. The third-order valence-corrected chi connectivity index (χ3v) is 4.70. The molecule has 3 rings (SSSR count). The fraction of sp³-hybridized carbons (Fsp3) is 0.474. The Labute approximate surface area is 179 Å². The molecule has 0 saturated carbocycles. The number of carbonyl (C=O) groups excluding carboxylic acids is 2. The fourth-order valence-corrected chi connectivity index (χ4v) is 3.35. The Kier molecular flexibility index (Phi) is 7.61. The fourth-order valence-electron chi connectivity index (χ4n) is 3.05. The van der Waals surface area contributed by atoms with Crippen LogP contribution in [0.25, 0.3) is 0 Å². The quantitative estimate of drug-likeness (QED) is 0.573. The van der Waals surface area contributed by atoms with Gasteiger partial charge in [0.25, 0.3) is 5.91 Å². The molecule has 10 nitrogen and oxygen atoms in total. The summed E-state index contributed by atoms with van der Waals surface area (Å²) in [7, 11) is 0. The lowest BCUT2D eigenvalue weighted by atomic mass is 10.2. The molecule has 1 aliphatic rings. The van der Waals surface area contributed by atoms with E-state index in [1.165, 1.54) is 10.9 Å². The molecular weight excluding hydrogens is 412 g/mol. The lowest BCUT2D eigenvalue weighted by molar-refractivity contribution is -0.145. The van der Waals surface area contributed by atoms with Gasteiger partial charge in [-0.05, 0) is 32.0 Å². The van der Waals surface area contributed by atoms with Crippen molar-refractivity contribution in [2.24, 2.45) is 0 Å². The highest BCUT2D eigenvalue weighted by atomic mass is 35.5. The van der Waals surface area contributed by atoms with Gasteiger partial charge in [0.1, 0.15) is 0 Å². The van der Waals surface area contributed by atoms with E-state index in [-0.39, 0.29) is 18.1 Å².